The topological polar surface area (TPSA) is 108 Å². The van der Waals surface area contributed by atoms with E-state index in [4.69, 9.17) is 19.0 Å². The molecule has 25 heavy (non-hydrogen) atoms. The van der Waals surface area contributed by atoms with Gasteiger partial charge in [0.2, 0.25) is 0 Å². The van der Waals surface area contributed by atoms with E-state index in [1.807, 2.05) is 0 Å². The van der Waals surface area contributed by atoms with E-state index in [9.17, 15) is 19.2 Å². The van der Waals surface area contributed by atoms with Gasteiger partial charge < -0.3 is 14.2 Å². The molecule has 2 unspecified atom stereocenters. The second-order valence-electron chi connectivity index (χ2n) is 5.44. The molecular formula is C16H15NO8. The predicted octanol–water partition coefficient (Wildman–Crippen LogP) is 0.0879. The van der Waals surface area contributed by atoms with Gasteiger partial charge in [0.1, 0.15) is 0 Å². The van der Waals surface area contributed by atoms with Crippen LogP contribution in [0.15, 0.2) is 24.3 Å². The van der Waals surface area contributed by atoms with Crippen molar-refractivity contribution in [3.05, 3.63) is 35.4 Å². The first-order valence-corrected chi connectivity index (χ1v) is 7.52. The molecule has 3 rings (SSSR count). The minimum Gasteiger partial charge on any atom is -0.456 e. The Bertz CT molecular complexity index is 696. The summed E-state index contributed by atoms with van der Waals surface area (Å²) >= 11 is 0. The molecule has 0 aliphatic carbocycles. The van der Waals surface area contributed by atoms with Crippen LogP contribution in [0.3, 0.4) is 0 Å². The summed E-state index contributed by atoms with van der Waals surface area (Å²) in [6.07, 6.45) is -1.46. The van der Waals surface area contributed by atoms with Gasteiger partial charge in [-0.1, -0.05) is 12.1 Å². The van der Waals surface area contributed by atoms with Crippen molar-refractivity contribution in [2.75, 3.05) is 19.8 Å². The van der Waals surface area contributed by atoms with Crippen molar-refractivity contribution >= 4 is 23.8 Å². The van der Waals surface area contributed by atoms with E-state index in [0.29, 0.717) is 5.06 Å². The van der Waals surface area contributed by atoms with E-state index in [2.05, 4.69) is 0 Å². The zero-order valence-electron chi connectivity index (χ0n) is 13.3. The molecule has 0 saturated carbocycles. The molecule has 9 heteroatoms. The number of rotatable bonds is 5. The summed E-state index contributed by atoms with van der Waals surface area (Å²) in [6, 6.07) is 6.24. The third-order valence-electron chi connectivity index (χ3n) is 3.65. The predicted molar refractivity (Wildman–Crippen MR) is 79.1 cm³/mol. The van der Waals surface area contributed by atoms with Gasteiger partial charge in [-0.2, -0.15) is 0 Å². The van der Waals surface area contributed by atoms with Crippen LogP contribution >= 0.6 is 0 Å². The van der Waals surface area contributed by atoms with Crippen molar-refractivity contribution in [3.8, 4) is 0 Å². The van der Waals surface area contributed by atoms with Crippen LogP contribution < -0.4 is 0 Å². The molecule has 1 fully saturated rings. The molecule has 0 aromatic heterocycles. The van der Waals surface area contributed by atoms with Crippen LogP contribution in [0.5, 0.6) is 0 Å². The van der Waals surface area contributed by atoms with Crippen molar-refractivity contribution in [1.82, 2.24) is 5.06 Å². The van der Waals surface area contributed by atoms with Gasteiger partial charge in [0.05, 0.1) is 24.3 Å². The average Bonchev–Trinajstić information content (AvgIpc) is 3.09. The summed E-state index contributed by atoms with van der Waals surface area (Å²) in [6.45, 7) is 0.796. The van der Waals surface area contributed by atoms with Gasteiger partial charge in [-0.3, -0.25) is 19.2 Å². The van der Waals surface area contributed by atoms with Crippen molar-refractivity contribution in [1.29, 1.82) is 0 Å². The summed E-state index contributed by atoms with van der Waals surface area (Å²) in [7, 11) is 0. The summed E-state index contributed by atoms with van der Waals surface area (Å²) in [4.78, 5) is 52.1. The fraction of sp³-hybridized carbons (Fsp3) is 0.375. The number of ether oxygens (including phenoxy) is 3. The molecule has 1 aromatic rings. The molecule has 1 saturated heterocycles. The second-order valence-corrected chi connectivity index (χ2v) is 5.44. The van der Waals surface area contributed by atoms with Crippen LogP contribution in [0, 0.1) is 0 Å². The number of fused-ring (bicyclic) bond motifs is 1. The van der Waals surface area contributed by atoms with Crippen molar-refractivity contribution in [2.45, 2.75) is 19.1 Å². The third-order valence-corrected chi connectivity index (χ3v) is 3.65. The summed E-state index contributed by atoms with van der Waals surface area (Å²) < 4.78 is 15.2. The standard InChI is InChI=1S/C16H15NO8/c1-9(18)24-12-6-22-7-13(12)25-14(19)8-23-17-15(20)10-4-2-3-5-11(10)16(17)21/h2-5,12-13H,6-8H2,1H3. The Kier molecular flexibility index (Phi) is 4.77. The normalized spacial score (nSPS) is 22.0. The largest absolute Gasteiger partial charge is 0.456 e. The monoisotopic (exact) mass is 349 g/mol. The summed E-state index contributed by atoms with van der Waals surface area (Å²) in [5, 5.41) is 0.528. The number of hydroxylamine groups is 2. The van der Waals surface area contributed by atoms with Crippen LogP contribution in [0.4, 0.5) is 0 Å². The highest BCUT2D eigenvalue weighted by Crippen LogP contribution is 2.22. The van der Waals surface area contributed by atoms with Crippen molar-refractivity contribution in [3.63, 3.8) is 0 Å². The number of nitrogens with zero attached hydrogens (tertiary/aromatic N) is 1. The van der Waals surface area contributed by atoms with Gasteiger partial charge in [-0.15, -0.1) is 5.06 Å². The Labute approximate surface area is 142 Å². The number of hydrogen-bond acceptors (Lipinski definition) is 8. The van der Waals surface area contributed by atoms with E-state index in [0.717, 1.165) is 0 Å². The van der Waals surface area contributed by atoms with Crippen LogP contribution in [-0.4, -0.2) is 60.8 Å². The quantitative estimate of drug-likeness (QED) is 0.543. The lowest BCUT2D eigenvalue weighted by atomic mass is 10.1. The molecule has 0 radical (unpaired) electrons. The Morgan fingerprint density at radius 1 is 1.08 bits per heavy atom. The van der Waals surface area contributed by atoms with Crippen molar-refractivity contribution in [2.24, 2.45) is 0 Å². The molecule has 2 aliphatic rings. The Morgan fingerprint density at radius 2 is 1.64 bits per heavy atom. The maximum Gasteiger partial charge on any atom is 0.335 e. The van der Waals surface area contributed by atoms with Gasteiger partial charge in [0, 0.05) is 6.92 Å². The third kappa shape index (κ3) is 3.52. The fourth-order valence-electron chi connectivity index (χ4n) is 2.55. The van der Waals surface area contributed by atoms with Gasteiger partial charge in [-0.05, 0) is 12.1 Å². The Morgan fingerprint density at radius 3 is 2.20 bits per heavy atom. The molecule has 132 valence electrons. The van der Waals surface area contributed by atoms with E-state index >= 15 is 0 Å². The number of esters is 2. The number of imide groups is 1. The molecule has 9 nitrogen and oxygen atoms in total. The van der Waals surface area contributed by atoms with Crippen LogP contribution in [0.1, 0.15) is 27.6 Å². The lowest BCUT2D eigenvalue weighted by molar-refractivity contribution is -0.174. The zero-order valence-corrected chi connectivity index (χ0v) is 13.3. The second kappa shape index (κ2) is 6.99. The molecule has 2 amide bonds. The molecule has 2 heterocycles. The maximum absolute atomic E-state index is 12.1. The van der Waals surface area contributed by atoms with Gasteiger partial charge >= 0.3 is 11.9 Å². The molecule has 0 N–H and O–H groups in total. The van der Waals surface area contributed by atoms with E-state index in [1.54, 1.807) is 12.1 Å². The van der Waals surface area contributed by atoms with Crippen LogP contribution in [0.25, 0.3) is 0 Å². The lowest BCUT2D eigenvalue weighted by Gasteiger charge is -2.18. The molecule has 2 aliphatic heterocycles. The first kappa shape index (κ1) is 17.1. The molecule has 0 bridgehead atoms. The van der Waals surface area contributed by atoms with E-state index in [1.165, 1.54) is 19.1 Å². The van der Waals surface area contributed by atoms with Gasteiger partial charge in [0.25, 0.3) is 11.8 Å². The highest BCUT2D eigenvalue weighted by molar-refractivity contribution is 6.20. The lowest BCUT2D eigenvalue weighted by Crippen LogP contribution is -2.37. The molecule has 1 aromatic carbocycles. The van der Waals surface area contributed by atoms with Crippen molar-refractivity contribution < 1.29 is 38.2 Å². The smallest absolute Gasteiger partial charge is 0.335 e. The van der Waals surface area contributed by atoms with E-state index in [-0.39, 0.29) is 24.3 Å². The van der Waals surface area contributed by atoms with E-state index < -0.39 is 42.6 Å². The first-order valence-electron chi connectivity index (χ1n) is 7.52. The SMILES string of the molecule is CC(=O)OC1COCC1OC(=O)CON1C(=O)c2ccccc2C1=O. The minimum absolute atomic E-state index is 0.0801. The number of hydrogen-bond donors (Lipinski definition) is 0. The number of carbonyl (C=O) groups excluding carboxylic acids is 4. The summed E-state index contributed by atoms with van der Waals surface area (Å²) in [5.74, 6) is -2.62. The molecule has 0 spiro atoms. The highest BCUT2D eigenvalue weighted by Gasteiger charge is 2.38. The zero-order chi connectivity index (χ0) is 18.0. The van der Waals surface area contributed by atoms with Crippen LogP contribution in [-0.2, 0) is 28.6 Å². The minimum atomic E-state index is -0.816. The Balaban J connectivity index is 1.54. The fourth-order valence-corrected chi connectivity index (χ4v) is 2.55. The molecule has 2 atom stereocenters. The molecular weight excluding hydrogens is 334 g/mol. The first-order chi connectivity index (χ1) is 12.0. The van der Waals surface area contributed by atoms with Crippen LogP contribution in [0.2, 0.25) is 0 Å². The maximum atomic E-state index is 12.1. The summed E-state index contributed by atoms with van der Waals surface area (Å²) in [5.41, 5.74) is 0.417. The number of carbonyl (C=O) groups is 4. The Hall–Kier alpha value is -2.78. The number of amides is 2. The number of benzene rings is 1. The van der Waals surface area contributed by atoms with Gasteiger partial charge in [0.15, 0.2) is 18.8 Å². The average molecular weight is 349 g/mol. The van der Waals surface area contributed by atoms with Gasteiger partial charge in [-0.25, -0.2) is 4.79 Å². The highest BCUT2D eigenvalue weighted by atomic mass is 16.7.